The normalized spacial score (nSPS) is 10.3. The summed E-state index contributed by atoms with van der Waals surface area (Å²) in [7, 11) is 1.30. The molecule has 2 aromatic rings. The molecule has 1 aromatic heterocycles. The van der Waals surface area contributed by atoms with Gasteiger partial charge in [-0.25, -0.2) is 9.37 Å². The number of thiazole rings is 1. The molecule has 8 heteroatoms. The molecule has 0 fully saturated rings. The molecule has 6 nitrogen and oxygen atoms in total. The van der Waals surface area contributed by atoms with Crippen LogP contribution in [0.4, 0.5) is 15.8 Å². The van der Waals surface area contributed by atoms with Crippen molar-refractivity contribution >= 4 is 22.7 Å². The van der Waals surface area contributed by atoms with Crippen molar-refractivity contribution in [2.24, 2.45) is 0 Å². The third-order valence-corrected chi connectivity index (χ3v) is 3.53. The lowest BCUT2D eigenvalue weighted by molar-refractivity contribution is -0.385. The van der Waals surface area contributed by atoms with E-state index in [0.717, 1.165) is 16.8 Å². The third kappa shape index (κ3) is 3.02. The van der Waals surface area contributed by atoms with E-state index in [1.165, 1.54) is 24.5 Å². The fourth-order valence-electron chi connectivity index (χ4n) is 1.64. The average Bonchev–Trinajstić information content (AvgIpc) is 2.82. The predicted molar refractivity (Wildman–Crippen MR) is 73.8 cm³/mol. The molecule has 0 unspecified atom stereocenters. The molecule has 1 N–H and O–H groups in total. The summed E-state index contributed by atoms with van der Waals surface area (Å²) in [5.41, 5.74) is 0.634. The third-order valence-electron chi connectivity index (χ3n) is 2.56. The minimum Gasteiger partial charge on any atom is -0.490 e. The number of ether oxygens (including phenoxy) is 1. The van der Waals surface area contributed by atoms with Gasteiger partial charge in [0, 0.05) is 17.1 Å². The second-order valence-electron chi connectivity index (χ2n) is 4.00. The maximum atomic E-state index is 13.8. The molecule has 2 rings (SSSR count). The van der Waals surface area contributed by atoms with E-state index >= 15 is 0 Å². The van der Waals surface area contributed by atoms with Gasteiger partial charge in [-0.2, -0.15) is 0 Å². The van der Waals surface area contributed by atoms with Crippen molar-refractivity contribution in [2.45, 2.75) is 13.5 Å². The lowest BCUT2D eigenvalue weighted by Gasteiger charge is -2.08. The molecule has 106 valence electrons. The monoisotopic (exact) mass is 297 g/mol. The number of aryl methyl sites for hydroxylation is 1. The highest BCUT2D eigenvalue weighted by Gasteiger charge is 2.19. The average molecular weight is 297 g/mol. The molecular formula is C12H12FN3O3S. The number of nitrogens with zero attached hydrogens (tertiary/aromatic N) is 2. The molecule has 0 bridgehead atoms. The Morgan fingerprint density at radius 3 is 2.85 bits per heavy atom. The smallest absolute Gasteiger partial charge is 0.313 e. The highest BCUT2D eigenvalue weighted by atomic mass is 32.1. The minimum absolute atomic E-state index is 0.00854. The molecule has 0 spiro atoms. The number of nitrogens with one attached hydrogen (secondary N) is 1. The van der Waals surface area contributed by atoms with Gasteiger partial charge in [-0.15, -0.1) is 11.3 Å². The Morgan fingerprint density at radius 2 is 2.30 bits per heavy atom. The molecule has 1 heterocycles. The van der Waals surface area contributed by atoms with E-state index in [4.69, 9.17) is 4.74 Å². The Labute approximate surface area is 118 Å². The molecule has 0 saturated heterocycles. The van der Waals surface area contributed by atoms with Crippen LogP contribution in [-0.2, 0) is 6.54 Å². The molecule has 0 atom stereocenters. The SMILES string of the molecule is COc1cc(NCc2nc(C)cs2)c(F)cc1[N+](=O)[O-]. The van der Waals surface area contributed by atoms with E-state index in [1.54, 1.807) is 0 Å². The van der Waals surface area contributed by atoms with Crippen LogP contribution in [0.25, 0.3) is 0 Å². The van der Waals surface area contributed by atoms with E-state index in [9.17, 15) is 14.5 Å². The van der Waals surface area contributed by atoms with Crippen LogP contribution >= 0.6 is 11.3 Å². The van der Waals surface area contributed by atoms with E-state index in [2.05, 4.69) is 10.3 Å². The van der Waals surface area contributed by atoms with Gasteiger partial charge < -0.3 is 10.1 Å². The molecular weight excluding hydrogens is 285 g/mol. The molecule has 0 aliphatic rings. The van der Waals surface area contributed by atoms with Crippen molar-refractivity contribution in [1.82, 2.24) is 4.98 Å². The van der Waals surface area contributed by atoms with E-state index < -0.39 is 16.4 Å². The van der Waals surface area contributed by atoms with Gasteiger partial charge in [-0.05, 0) is 6.92 Å². The second kappa shape index (κ2) is 5.83. The fourth-order valence-corrected chi connectivity index (χ4v) is 2.35. The van der Waals surface area contributed by atoms with Crippen LogP contribution in [0.2, 0.25) is 0 Å². The summed E-state index contributed by atoms with van der Waals surface area (Å²) in [4.78, 5) is 14.3. The first kappa shape index (κ1) is 14.2. The predicted octanol–water partition coefficient (Wildman–Crippen LogP) is 3.12. The minimum atomic E-state index is -0.703. The van der Waals surface area contributed by atoms with Gasteiger partial charge in [-0.3, -0.25) is 10.1 Å². The van der Waals surface area contributed by atoms with Crippen LogP contribution in [0.1, 0.15) is 10.7 Å². The molecule has 1 aromatic carbocycles. The van der Waals surface area contributed by atoms with Crippen molar-refractivity contribution in [3.05, 3.63) is 44.1 Å². The Balaban J connectivity index is 2.21. The molecule has 0 aliphatic heterocycles. The van der Waals surface area contributed by atoms with Crippen molar-refractivity contribution < 1.29 is 14.1 Å². The van der Waals surface area contributed by atoms with Crippen molar-refractivity contribution in [3.8, 4) is 5.75 Å². The Bertz CT molecular complexity index is 645. The lowest BCUT2D eigenvalue weighted by Crippen LogP contribution is -2.03. The number of aromatic nitrogens is 1. The van der Waals surface area contributed by atoms with Crippen LogP contribution in [0.3, 0.4) is 0 Å². The van der Waals surface area contributed by atoms with Gasteiger partial charge in [0.25, 0.3) is 0 Å². The number of hydrogen-bond acceptors (Lipinski definition) is 6. The first-order valence-corrected chi connectivity index (χ1v) is 6.56. The molecule has 0 saturated carbocycles. The van der Waals surface area contributed by atoms with Crippen LogP contribution in [0, 0.1) is 22.9 Å². The maximum Gasteiger partial charge on any atom is 0.313 e. The van der Waals surface area contributed by atoms with Gasteiger partial charge in [0.05, 0.1) is 30.3 Å². The number of rotatable bonds is 5. The summed E-state index contributed by atoms with van der Waals surface area (Å²) in [6.07, 6.45) is 0. The van der Waals surface area contributed by atoms with Crippen molar-refractivity contribution in [2.75, 3.05) is 12.4 Å². The van der Waals surface area contributed by atoms with Gasteiger partial charge in [0.15, 0.2) is 11.6 Å². The summed E-state index contributed by atoms with van der Waals surface area (Å²) in [6.45, 7) is 2.21. The van der Waals surface area contributed by atoms with Gasteiger partial charge in [0.2, 0.25) is 0 Å². The van der Waals surface area contributed by atoms with Crippen LogP contribution < -0.4 is 10.1 Å². The Kier molecular flexibility index (Phi) is 4.14. The lowest BCUT2D eigenvalue weighted by atomic mass is 10.2. The van der Waals surface area contributed by atoms with Crippen LogP contribution in [-0.4, -0.2) is 17.0 Å². The van der Waals surface area contributed by atoms with Crippen molar-refractivity contribution in [3.63, 3.8) is 0 Å². The van der Waals surface area contributed by atoms with E-state index in [0.29, 0.717) is 6.54 Å². The fraction of sp³-hybridized carbons (Fsp3) is 0.250. The number of anilines is 1. The molecule has 0 radical (unpaired) electrons. The summed E-state index contributed by atoms with van der Waals surface area (Å²) in [6, 6.07) is 2.11. The van der Waals surface area contributed by atoms with Gasteiger partial charge in [0.1, 0.15) is 5.01 Å². The highest BCUT2D eigenvalue weighted by Crippen LogP contribution is 2.32. The zero-order valence-electron chi connectivity index (χ0n) is 10.8. The molecule has 0 amide bonds. The Morgan fingerprint density at radius 1 is 1.55 bits per heavy atom. The van der Waals surface area contributed by atoms with Crippen molar-refractivity contribution in [1.29, 1.82) is 0 Å². The summed E-state index contributed by atoms with van der Waals surface area (Å²) < 4.78 is 18.7. The first-order chi connectivity index (χ1) is 9.51. The number of benzene rings is 1. The summed E-state index contributed by atoms with van der Waals surface area (Å²) in [5.74, 6) is -0.694. The highest BCUT2D eigenvalue weighted by molar-refractivity contribution is 7.09. The standard InChI is InChI=1S/C12H12FN3O3S/c1-7-6-20-12(15-7)5-14-9-4-11(19-2)10(16(17)18)3-8(9)13/h3-4,6,14H,5H2,1-2H3. The number of nitro groups is 1. The van der Waals surface area contributed by atoms with Gasteiger partial charge in [-0.1, -0.05) is 0 Å². The van der Waals surface area contributed by atoms with Crippen LogP contribution in [0.5, 0.6) is 5.75 Å². The zero-order chi connectivity index (χ0) is 14.7. The number of halogens is 1. The number of hydrogen-bond donors (Lipinski definition) is 1. The van der Waals surface area contributed by atoms with Crippen LogP contribution in [0.15, 0.2) is 17.5 Å². The second-order valence-corrected chi connectivity index (χ2v) is 4.94. The van der Waals surface area contributed by atoms with E-state index in [1.807, 2.05) is 12.3 Å². The maximum absolute atomic E-state index is 13.8. The number of methoxy groups -OCH3 is 1. The largest absolute Gasteiger partial charge is 0.490 e. The molecule has 20 heavy (non-hydrogen) atoms. The zero-order valence-corrected chi connectivity index (χ0v) is 11.7. The van der Waals surface area contributed by atoms with Gasteiger partial charge >= 0.3 is 5.69 Å². The topological polar surface area (TPSA) is 77.3 Å². The Hall–Kier alpha value is -2.22. The summed E-state index contributed by atoms with van der Waals surface area (Å²) in [5, 5.41) is 16.3. The quantitative estimate of drug-likeness (QED) is 0.677. The summed E-state index contributed by atoms with van der Waals surface area (Å²) >= 11 is 1.46. The van der Waals surface area contributed by atoms with E-state index in [-0.39, 0.29) is 11.4 Å². The first-order valence-electron chi connectivity index (χ1n) is 5.68. The molecule has 0 aliphatic carbocycles. The number of nitro benzene ring substituents is 1.